The van der Waals surface area contributed by atoms with Gasteiger partial charge in [0.25, 0.3) is 0 Å². The number of hydrogen-bond acceptors (Lipinski definition) is 0. The molecule has 0 aliphatic carbocycles. The molecule has 20 heavy (non-hydrogen) atoms. The first-order valence-corrected chi connectivity index (χ1v) is 9.13. The van der Waals surface area contributed by atoms with Gasteiger partial charge in [-0.05, 0) is 67.1 Å². The molecule has 0 heterocycles. The SMILES string of the molecule is CC(C[C@@H](C)C[C@H](C)C(C)C)C[C@H](C)C[C@@H](C)C(C)C. The van der Waals surface area contributed by atoms with Crippen LogP contribution in [0.4, 0.5) is 0 Å². The highest BCUT2D eigenvalue weighted by atomic mass is 14.2. The van der Waals surface area contributed by atoms with Crippen molar-refractivity contribution in [2.45, 2.75) is 88.0 Å². The van der Waals surface area contributed by atoms with Crippen molar-refractivity contribution in [3.63, 3.8) is 0 Å². The Morgan fingerprint density at radius 2 is 0.650 bits per heavy atom. The van der Waals surface area contributed by atoms with E-state index in [9.17, 15) is 0 Å². The first-order chi connectivity index (χ1) is 9.13. The molecule has 0 aliphatic rings. The first kappa shape index (κ1) is 20.0. The molecule has 0 amide bonds. The third kappa shape index (κ3) is 9.03. The van der Waals surface area contributed by atoms with E-state index in [1.54, 1.807) is 0 Å². The van der Waals surface area contributed by atoms with Crippen LogP contribution in [0.5, 0.6) is 0 Å². The highest BCUT2D eigenvalue weighted by molar-refractivity contribution is 4.69. The lowest BCUT2D eigenvalue weighted by atomic mass is 9.80. The van der Waals surface area contributed by atoms with Gasteiger partial charge in [-0.25, -0.2) is 0 Å². The second-order valence-electron chi connectivity index (χ2n) is 8.70. The van der Waals surface area contributed by atoms with Gasteiger partial charge in [0.2, 0.25) is 0 Å². The molecule has 0 aromatic heterocycles. The zero-order chi connectivity index (χ0) is 15.9. The normalized spacial score (nSPS) is 19.9. The molecule has 0 aliphatic heterocycles. The summed E-state index contributed by atoms with van der Waals surface area (Å²) in [6.45, 7) is 21.6. The smallest absolute Gasteiger partial charge is 0.0417 e. The Morgan fingerprint density at radius 1 is 0.400 bits per heavy atom. The monoisotopic (exact) mass is 282 g/mol. The van der Waals surface area contributed by atoms with Crippen LogP contribution < -0.4 is 0 Å². The summed E-state index contributed by atoms with van der Waals surface area (Å²) in [4.78, 5) is 0. The Balaban J connectivity index is 4.00. The van der Waals surface area contributed by atoms with Gasteiger partial charge in [-0.1, -0.05) is 62.3 Å². The molecule has 0 rings (SSSR count). The summed E-state index contributed by atoms with van der Waals surface area (Å²) in [6, 6.07) is 0. The fraction of sp³-hybridized carbons (Fsp3) is 1.00. The van der Waals surface area contributed by atoms with Crippen molar-refractivity contribution in [1.29, 1.82) is 0 Å². The maximum Gasteiger partial charge on any atom is -0.0417 e. The molecule has 0 aromatic rings. The molecule has 0 spiro atoms. The Labute approximate surface area is 130 Å². The largest absolute Gasteiger partial charge is 0.0625 e. The van der Waals surface area contributed by atoms with Gasteiger partial charge in [-0.2, -0.15) is 0 Å². The Morgan fingerprint density at radius 3 is 0.900 bits per heavy atom. The zero-order valence-corrected chi connectivity index (χ0v) is 15.9. The number of hydrogen-bond donors (Lipinski definition) is 0. The van der Waals surface area contributed by atoms with Crippen molar-refractivity contribution < 1.29 is 0 Å². The van der Waals surface area contributed by atoms with E-state index in [1.165, 1.54) is 25.7 Å². The maximum absolute atomic E-state index is 2.47. The molecule has 0 radical (unpaired) electrons. The van der Waals surface area contributed by atoms with E-state index in [0.29, 0.717) is 0 Å². The van der Waals surface area contributed by atoms with Gasteiger partial charge in [0.1, 0.15) is 0 Å². The molecule has 0 saturated carbocycles. The third-order valence-electron chi connectivity index (χ3n) is 5.43. The van der Waals surface area contributed by atoms with Crippen LogP contribution in [0.15, 0.2) is 0 Å². The highest BCUT2D eigenvalue weighted by Gasteiger charge is 2.18. The molecule has 0 bridgehead atoms. The van der Waals surface area contributed by atoms with Crippen LogP contribution in [-0.2, 0) is 0 Å². The Hall–Kier alpha value is 0. The number of rotatable bonds is 10. The third-order valence-corrected chi connectivity index (χ3v) is 5.43. The predicted molar refractivity (Wildman–Crippen MR) is 94.0 cm³/mol. The summed E-state index contributed by atoms with van der Waals surface area (Å²) in [6.07, 6.45) is 5.63. The van der Waals surface area contributed by atoms with E-state index in [1.807, 2.05) is 0 Å². The highest BCUT2D eigenvalue weighted by Crippen LogP contribution is 2.29. The van der Waals surface area contributed by atoms with Crippen molar-refractivity contribution in [1.82, 2.24) is 0 Å². The van der Waals surface area contributed by atoms with Crippen LogP contribution in [0.1, 0.15) is 88.0 Å². The van der Waals surface area contributed by atoms with E-state index >= 15 is 0 Å². The Bertz CT molecular complexity index is 204. The van der Waals surface area contributed by atoms with Crippen LogP contribution in [0.3, 0.4) is 0 Å². The Kier molecular flexibility index (Phi) is 9.85. The van der Waals surface area contributed by atoms with Gasteiger partial charge < -0.3 is 0 Å². The van der Waals surface area contributed by atoms with E-state index < -0.39 is 0 Å². The minimum atomic E-state index is 0.832. The summed E-state index contributed by atoms with van der Waals surface area (Å²) in [5.41, 5.74) is 0. The standard InChI is InChI=1S/C20H42/c1-14(2)19(8)12-17(6)10-16(5)11-18(7)13-20(9)15(3)4/h14-20H,10-13H2,1-9H3/t16?,17-,18+,19+,20-. The fourth-order valence-electron chi connectivity index (χ4n) is 3.48. The summed E-state index contributed by atoms with van der Waals surface area (Å²) < 4.78 is 0. The molecule has 0 heteroatoms. The van der Waals surface area contributed by atoms with Crippen LogP contribution in [0, 0.1) is 41.4 Å². The zero-order valence-electron chi connectivity index (χ0n) is 15.9. The van der Waals surface area contributed by atoms with Crippen LogP contribution >= 0.6 is 0 Å². The van der Waals surface area contributed by atoms with Crippen molar-refractivity contribution in [3.05, 3.63) is 0 Å². The van der Waals surface area contributed by atoms with Crippen LogP contribution in [0.2, 0.25) is 0 Å². The van der Waals surface area contributed by atoms with Gasteiger partial charge in [-0.15, -0.1) is 0 Å². The molecule has 122 valence electrons. The molecule has 5 atom stereocenters. The van der Waals surface area contributed by atoms with Gasteiger partial charge >= 0.3 is 0 Å². The van der Waals surface area contributed by atoms with Gasteiger partial charge in [0, 0.05) is 0 Å². The summed E-state index contributed by atoms with van der Waals surface area (Å²) >= 11 is 0. The second kappa shape index (κ2) is 9.85. The fourth-order valence-corrected chi connectivity index (χ4v) is 3.48. The second-order valence-corrected chi connectivity index (χ2v) is 8.70. The lowest BCUT2D eigenvalue weighted by molar-refractivity contribution is 0.254. The summed E-state index contributed by atoms with van der Waals surface area (Å²) in [7, 11) is 0. The maximum atomic E-state index is 2.47. The average molecular weight is 283 g/mol. The molecule has 0 nitrogen and oxygen atoms in total. The van der Waals surface area contributed by atoms with E-state index in [4.69, 9.17) is 0 Å². The molecule has 0 N–H and O–H groups in total. The van der Waals surface area contributed by atoms with Crippen molar-refractivity contribution in [2.24, 2.45) is 41.4 Å². The van der Waals surface area contributed by atoms with Gasteiger partial charge in [0.15, 0.2) is 0 Å². The molecule has 0 saturated heterocycles. The minimum absolute atomic E-state index is 0.832. The van der Waals surface area contributed by atoms with Crippen LogP contribution in [0.25, 0.3) is 0 Å². The molecule has 1 unspecified atom stereocenters. The molecule has 0 aromatic carbocycles. The topological polar surface area (TPSA) is 0 Å². The molecular formula is C20H42. The predicted octanol–water partition coefficient (Wildman–Crippen LogP) is 7.04. The molecule has 0 fully saturated rings. The van der Waals surface area contributed by atoms with E-state index in [0.717, 1.165) is 41.4 Å². The first-order valence-electron chi connectivity index (χ1n) is 9.13. The van der Waals surface area contributed by atoms with Gasteiger partial charge in [-0.3, -0.25) is 0 Å². The quantitative estimate of drug-likeness (QED) is 0.403. The van der Waals surface area contributed by atoms with E-state index in [-0.39, 0.29) is 0 Å². The summed E-state index contributed by atoms with van der Waals surface area (Å²) in [5.74, 6) is 6.07. The minimum Gasteiger partial charge on any atom is -0.0625 e. The van der Waals surface area contributed by atoms with Crippen LogP contribution in [-0.4, -0.2) is 0 Å². The molecular weight excluding hydrogens is 240 g/mol. The van der Waals surface area contributed by atoms with Gasteiger partial charge in [0.05, 0.1) is 0 Å². The van der Waals surface area contributed by atoms with Crippen molar-refractivity contribution in [3.8, 4) is 0 Å². The summed E-state index contributed by atoms with van der Waals surface area (Å²) in [5, 5.41) is 0. The average Bonchev–Trinajstić information content (AvgIpc) is 2.27. The lowest BCUT2D eigenvalue weighted by Crippen LogP contribution is -2.15. The van der Waals surface area contributed by atoms with E-state index in [2.05, 4.69) is 62.3 Å². The lowest BCUT2D eigenvalue weighted by Gasteiger charge is -2.26. The van der Waals surface area contributed by atoms with Crippen molar-refractivity contribution in [2.75, 3.05) is 0 Å². The van der Waals surface area contributed by atoms with Crippen molar-refractivity contribution >= 4 is 0 Å².